The summed E-state index contributed by atoms with van der Waals surface area (Å²) in [5.41, 5.74) is 0.824. The van der Waals surface area contributed by atoms with Crippen LogP contribution in [-0.2, 0) is 16.1 Å². The van der Waals surface area contributed by atoms with E-state index in [1.54, 1.807) is 4.90 Å². The van der Waals surface area contributed by atoms with Gasteiger partial charge in [-0.05, 0) is 38.1 Å². The van der Waals surface area contributed by atoms with Crippen LogP contribution in [0.2, 0.25) is 0 Å². The number of aromatic nitrogens is 5. The van der Waals surface area contributed by atoms with E-state index in [9.17, 15) is 9.59 Å². The minimum Gasteiger partial charge on any atom is -0.372 e. The van der Waals surface area contributed by atoms with Crippen molar-refractivity contribution < 1.29 is 9.53 Å². The molecule has 10 heteroatoms. The van der Waals surface area contributed by atoms with Crippen molar-refractivity contribution in [1.82, 2.24) is 29.4 Å². The molecule has 1 aliphatic heterocycles. The fourth-order valence-corrected chi connectivity index (χ4v) is 3.60. The molecular weight excluding hydrogens is 428 g/mol. The molecule has 1 fully saturated rings. The molecule has 3 aromatic rings. The second kappa shape index (κ2) is 7.44. The summed E-state index contributed by atoms with van der Waals surface area (Å²) in [6.45, 7) is 4.78. The number of nitrogens with zero attached hydrogens (tertiary/aromatic N) is 6. The van der Waals surface area contributed by atoms with Gasteiger partial charge in [0.25, 0.3) is 5.56 Å². The average molecular weight is 447 g/mol. The third-order valence-corrected chi connectivity index (χ3v) is 5.11. The van der Waals surface area contributed by atoms with Crippen molar-refractivity contribution >= 4 is 33.0 Å². The molecule has 3 heterocycles. The van der Waals surface area contributed by atoms with E-state index in [2.05, 4.69) is 31.2 Å². The molecule has 0 radical (unpaired) electrons. The molecule has 0 saturated carbocycles. The Morgan fingerprint density at radius 1 is 1.21 bits per heavy atom. The first-order valence-electron chi connectivity index (χ1n) is 8.92. The number of halogens is 1. The van der Waals surface area contributed by atoms with Crippen LogP contribution in [0.25, 0.3) is 16.9 Å². The Kier molecular flexibility index (Phi) is 4.98. The van der Waals surface area contributed by atoms with Gasteiger partial charge in [0.2, 0.25) is 5.91 Å². The van der Waals surface area contributed by atoms with Crippen LogP contribution in [0, 0.1) is 0 Å². The van der Waals surface area contributed by atoms with E-state index in [0.717, 1.165) is 10.2 Å². The fraction of sp³-hybridized carbons (Fsp3) is 0.389. The predicted octanol–water partition coefficient (Wildman–Crippen LogP) is 1.38. The van der Waals surface area contributed by atoms with Crippen LogP contribution in [0.5, 0.6) is 0 Å². The third-order valence-electron chi connectivity index (χ3n) is 4.58. The lowest BCUT2D eigenvalue weighted by molar-refractivity contribution is -0.143. The first-order valence-corrected chi connectivity index (χ1v) is 9.71. The summed E-state index contributed by atoms with van der Waals surface area (Å²) < 4.78 is 9.36. The molecule has 0 aliphatic carbocycles. The minimum atomic E-state index is -0.393. The van der Waals surface area contributed by atoms with Gasteiger partial charge in [0.1, 0.15) is 12.9 Å². The van der Waals surface area contributed by atoms with Gasteiger partial charge in [-0.1, -0.05) is 21.1 Å². The molecule has 4 rings (SSSR count). The average Bonchev–Trinajstić information content (AvgIpc) is 3.08. The Labute approximate surface area is 169 Å². The molecule has 1 aliphatic rings. The van der Waals surface area contributed by atoms with E-state index in [-0.39, 0.29) is 30.2 Å². The van der Waals surface area contributed by atoms with Gasteiger partial charge in [0.05, 0.1) is 17.9 Å². The minimum absolute atomic E-state index is 0.0316. The predicted molar refractivity (Wildman–Crippen MR) is 105 cm³/mol. The number of fused-ring (bicyclic) bond motifs is 1. The van der Waals surface area contributed by atoms with Crippen LogP contribution in [0.1, 0.15) is 13.8 Å². The van der Waals surface area contributed by atoms with Crippen molar-refractivity contribution in [2.45, 2.75) is 32.6 Å². The Hall–Kier alpha value is -2.59. The number of amides is 1. The number of morpholine rings is 1. The first kappa shape index (κ1) is 18.8. The van der Waals surface area contributed by atoms with Gasteiger partial charge in [0.15, 0.2) is 11.2 Å². The fourth-order valence-electron chi connectivity index (χ4n) is 3.34. The highest BCUT2D eigenvalue weighted by molar-refractivity contribution is 9.10. The third kappa shape index (κ3) is 3.57. The highest BCUT2D eigenvalue weighted by Crippen LogP contribution is 2.16. The smallest absolute Gasteiger partial charge is 0.284 e. The van der Waals surface area contributed by atoms with Gasteiger partial charge in [-0.15, -0.1) is 5.10 Å². The lowest BCUT2D eigenvalue weighted by atomic mass is 10.2. The van der Waals surface area contributed by atoms with Crippen molar-refractivity contribution in [2.75, 3.05) is 13.1 Å². The summed E-state index contributed by atoms with van der Waals surface area (Å²) in [7, 11) is 0. The lowest BCUT2D eigenvalue weighted by Crippen LogP contribution is -2.49. The number of hydrogen-bond donors (Lipinski definition) is 0. The van der Waals surface area contributed by atoms with Crippen molar-refractivity contribution in [3.8, 4) is 5.69 Å². The summed E-state index contributed by atoms with van der Waals surface area (Å²) in [6, 6.07) is 7.42. The first-order chi connectivity index (χ1) is 13.4. The van der Waals surface area contributed by atoms with Gasteiger partial charge >= 0.3 is 0 Å². The van der Waals surface area contributed by atoms with Gasteiger partial charge in [-0.3, -0.25) is 14.2 Å². The van der Waals surface area contributed by atoms with E-state index in [1.165, 1.54) is 15.6 Å². The van der Waals surface area contributed by atoms with Crippen molar-refractivity contribution in [1.29, 1.82) is 0 Å². The normalized spacial score (nSPS) is 19.9. The van der Waals surface area contributed by atoms with Crippen LogP contribution < -0.4 is 5.56 Å². The Bertz CT molecular complexity index is 1070. The molecule has 2 aromatic heterocycles. The number of ether oxygens (including phenoxy) is 1. The Morgan fingerprint density at radius 2 is 1.89 bits per heavy atom. The number of benzene rings is 1. The summed E-state index contributed by atoms with van der Waals surface area (Å²) in [4.78, 5) is 31.5. The molecule has 1 amide bonds. The van der Waals surface area contributed by atoms with Gasteiger partial charge in [0, 0.05) is 17.6 Å². The van der Waals surface area contributed by atoms with E-state index in [1.807, 2.05) is 38.1 Å². The molecule has 1 aromatic carbocycles. The van der Waals surface area contributed by atoms with Crippen molar-refractivity contribution in [3.63, 3.8) is 0 Å². The van der Waals surface area contributed by atoms with E-state index >= 15 is 0 Å². The maximum Gasteiger partial charge on any atom is 0.284 e. The summed E-state index contributed by atoms with van der Waals surface area (Å²) in [5.74, 6) is -0.148. The zero-order valence-electron chi connectivity index (χ0n) is 15.4. The molecule has 0 bridgehead atoms. The molecule has 2 atom stereocenters. The standard InChI is InChI=1S/C18H19BrN6O3/c1-11-7-23(8-12(2)28-11)15(26)9-24-10-20-17-16(18(24)27)21-22-25(17)14-5-3-13(19)4-6-14/h3-6,10-12H,7-9H2,1-2H3. The van der Waals surface area contributed by atoms with E-state index < -0.39 is 5.56 Å². The van der Waals surface area contributed by atoms with Crippen LogP contribution in [0.4, 0.5) is 0 Å². The van der Waals surface area contributed by atoms with Gasteiger partial charge in [-0.25, -0.2) is 4.98 Å². The summed E-state index contributed by atoms with van der Waals surface area (Å²) >= 11 is 3.38. The summed E-state index contributed by atoms with van der Waals surface area (Å²) in [6.07, 6.45) is 1.31. The molecule has 1 saturated heterocycles. The quantitative estimate of drug-likeness (QED) is 0.602. The number of hydrogen-bond acceptors (Lipinski definition) is 6. The van der Waals surface area contributed by atoms with Crippen LogP contribution >= 0.6 is 15.9 Å². The molecule has 28 heavy (non-hydrogen) atoms. The van der Waals surface area contributed by atoms with Crippen molar-refractivity contribution in [3.05, 3.63) is 45.4 Å². The van der Waals surface area contributed by atoms with Crippen molar-refractivity contribution in [2.24, 2.45) is 0 Å². The Balaban J connectivity index is 1.61. The molecule has 2 unspecified atom stereocenters. The highest BCUT2D eigenvalue weighted by Gasteiger charge is 2.26. The summed E-state index contributed by atoms with van der Waals surface area (Å²) in [5, 5.41) is 8.03. The maximum atomic E-state index is 12.8. The second-order valence-electron chi connectivity index (χ2n) is 6.88. The molecular formula is C18H19BrN6O3. The number of carbonyl (C=O) groups is 1. The van der Waals surface area contributed by atoms with E-state index in [0.29, 0.717) is 18.7 Å². The largest absolute Gasteiger partial charge is 0.372 e. The van der Waals surface area contributed by atoms with Crippen LogP contribution in [0.15, 0.2) is 39.9 Å². The van der Waals surface area contributed by atoms with Gasteiger partial charge < -0.3 is 9.64 Å². The molecule has 0 spiro atoms. The lowest BCUT2D eigenvalue weighted by Gasteiger charge is -2.35. The van der Waals surface area contributed by atoms with Gasteiger partial charge in [-0.2, -0.15) is 4.68 Å². The van der Waals surface area contributed by atoms with Crippen LogP contribution in [-0.4, -0.2) is 60.6 Å². The van der Waals surface area contributed by atoms with Crippen LogP contribution in [0.3, 0.4) is 0 Å². The second-order valence-corrected chi connectivity index (χ2v) is 7.80. The molecule has 9 nitrogen and oxygen atoms in total. The molecule has 0 N–H and O–H groups in total. The molecule has 146 valence electrons. The zero-order valence-corrected chi connectivity index (χ0v) is 17.0. The zero-order chi connectivity index (χ0) is 19.8. The monoisotopic (exact) mass is 446 g/mol. The Morgan fingerprint density at radius 3 is 2.57 bits per heavy atom. The maximum absolute atomic E-state index is 12.8. The number of carbonyl (C=O) groups excluding carboxylic acids is 1. The topological polar surface area (TPSA) is 95.1 Å². The van der Waals surface area contributed by atoms with E-state index in [4.69, 9.17) is 4.74 Å². The SMILES string of the molecule is CC1CN(C(=O)Cn2cnc3c(nnn3-c3ccc(Br)cc3)c2=O)CC(C)O1. The highest BCUT2D eigenvalue weighted by atomic mass is 79.9. The number of rotatable bonds is 3.